The van der Waals surface area contributed by atoms with E-state index in [9.17, 15) is 19.2 Å². The molecule has 0 aliphatic carbocycles. The number of methoxy groups -OCH3 is 1. The van der Waals surface area contributed by atoms with Gasteiger partial charge in [-0.1, -0.05) is 44.4 Å². The summed E-state index contributed by atoms with van der Waals surface area (Å²) in [5.41, 5.74) is 1.26. The molecule has 66 heavy (non-hydrogen) atoms. The van der Waals surface area contributed by atoms with Crippen LogP contribution in [0.2, 0.25) is 5.02 Å². The Morgan fingerprint density at radius 2 is 1.47 bits per heavy atom. The second-order valence-corrected chi connectivity index (χ2v) is 18.7. The number of nitrogens with zero attached hydrogens (tertiary/aromatic N) is 7. The zero-order chi connectivity index (χ0) is 48.2. The number of halogens is 3. The summed E-state index contributed by atoms with van der Waals surface area (Å²) in [7, 11) is 3.10. The fourth-order valence-electron chi connectivity index (χ4n) is 8.56. The van der Waals surface area contributed by atoms with Gasteiger partial charge in [-0.3, -0.25) is 19.1 Å². The first kappa shape index (κ1) is 51.8. The van der Waals surface area contributed by atoms with Crippen molar-refractivity contribution in [2.45, 2.75) is 105 Å². The van der Waals surface area contributed by atoms with E-state index < -0.39 is 23.1 Å². The number of hydrogen-bond acceptors (Lipinski definition) is 8. The van der Waals surface area contributed by atoms with E-state index >= 15 is 8.78 Å². The number of benzene rings is 2. The highest BCUT2D eigenvalue weighted by Gasteiger charge is 2.33. The third kappa shape index (κ3) is 13.2. The van der Waals surface area contributed by atoms with Crippen LogP contribution in [0.3, 0.4) is 0 Å². The number of amides is 3. The van der Waals surface area contributed by atoms with Crippen LogP contribution in [0.1, 0.15) is 113 Å². The van der Waals surface area contributed by atoms with Crippen LogP contribution in [0.15, 0.2) is 42.7 Å². The minimum atomic E-state index is -1.09. The Kier molecular flexibility index (Phi) is 18.4. The molecule has 0 spiro atoms. The number of aromatic nitrogens is 4. The van der Waals surface area contributed by atoms with Crippen molar-refractivity contribution in [1.82, 2.24) is 29.1 Å². The van der Waals surface area contributed by atoms with Gasteiger partial charge in [0.15, 0.2) is 24.0 Å². The standard InChI is InChI=1S/C49H67ClF2N8O6/c1-9-11-13-26-60(27-14-12-10-2,33-43(62)66-49(4,5)6)28-15-16-42(61)57-21-23-58(24-22-57)48(64)37-18-17-35(30-40(37)50)55-47(63)46-53-32-41(56(46)7)38-20-19-36(44(51)45(38)52)39-31-54-59(34(39)3)25-29-65-8/h17-20,30-32H,9-16,21-29,33H2,1-8H3/p+1. The lowest BCUT2D eigenvalue weighted by Gasteiger charge is -2.39. The highest BCUT2D eigenvalue weighted by Crippen LogP contribution is 2.33. The molecule has 2 aromatic carbocycles. The van der Waals surface area contributed by atoms with Gasteiger partial charge in [0.25, 0.3) is 11.8 Å². The maximum atomic E-state index is 15.6. The number of nitrogens with one attached hydrogen (secondary N) is 1. The third-order valence-electron chi connectivity index (χ3n) is 12.2. The summed E-state index contributed by atoms with van der Waals surface area (Å²) in [4.78, 5) is 61.3. The number of hydrogen-bond donors (Lipinski definition) is 1. The van der Waals surface area contributed by atoms with Crippen LogP contribution in [0.4, 0.5) is 14.5 Å². The van der Waals surface area contributed by atoms with Crippen LogP contribution >= 0.6 is 11.6 Å². The van der Waals surface area contributed by atoms with Crippen LogP contribution in [-0.2, 0) is 32.7 Å². The van der Waals surface area contributed by atoms with E-state index in [0.717, 1.165) is 58.2 Å². The molecule has 4 aromatic rings. The molecule has 1 N–H and O–H groups in total. The molecule has 0 bridgehead atoms. The predicted octanol–water partition coefficient (Wildman–Crippen LogP) is 8.69. The van der Waals surface area contributed by atoms with Gasteiger partial charge >= 0.3 is 5.97 Å². The van der Waals surface area contributed by atoms with Gasteiger partial charge in [-0.2, -0.15) is 5.10 Å². The van der Waals surface area contributed by atoms with E-state index in [4.69, 9.17) is 21.1 Å². The number of anilines is 1. The zero-order valence-electron chi connectivity index (χ0n) is 40.0. The number of carbonyl (C=O) groups excluding carboxylic acids is 4. The van der Waals surface area contributed by atoms with E-state index in [0.29, 0.717) is 80.1 Å². The molecule has 17 heteroatoms. The Morgan fingerprint density at radius 3 is 2.09 bits per heavy atom. The summed E-state index contributed by atoms with van der Waals surface area (Å²) in [6.45, 7) is 16.8. The highest BCUT2D eigenvalue weighted by atomic mass is 35.5. The molecule has 3 heterocycles. The number of ether oxygens (including phenoxy) is 2. The fourth-order valence-corrected chi connectivity index (χ4v) is 8.82. The van der Waals surface area contributed by atoms with E-state index in [1.165, 1.54) is 48.3 Å². The second kappa shape index (κ2) is 23.5. The normalized spacial score (nSPS) is 13.3. The summed E-state index contributed by atoms with van der Waals surface area (Å²) < 4.78 is 45.7. The van der Waals surface area contributed by atoms with Crippen molar-refractivity contribution >= 4 is 41.0 Å². The van der Waals surface area contributed by atoms with E-state index in [-0.39, 0.29) is 51.0 Å². The van der Waals surface area contributed by atoms with Crippen molar-refractivity contribution in [3.8, 4) is 22.4 Å². The van der Waals surface area contributed by atoms with Gasteiger partial charge in [0, 0.05) is 81.2 Å². The van der Waals surface area contributed by atoms with Crippen molar-refractivity contribution < 1.29 is 41.9 Å². The number of unbranched alkanes of at least 4 members (excludes halogenated alkanes) is 4. The fraction of sp³-hybridized carbons (Fsp3) is 0.551. The maximum absolute atomic E-state index is 15.6. The average molecular weight is 939 g/mol. The summed E-state index contributed by atoms with van der Waals surface area (Å²) in [6, 6.07) is 7.48. The van der Waals surface area contributed by atoms with Gasteiger partial charge < -0.3 is 33.6 Å². The molecule has 14 nitrogen and oxygen atoms in total. The molecule has 3 amide bonds. The Hall–Kier alpha value is -5.19. The maximum Gasteiger partial charge on any atom is 0.362 e. The Labute approximate surface area is 393 Å². The lowest BCUT2D eigenvalue weighted by molar-refractivity contribution is -0.922. The number of piperazine rings is 1. The van der Waals surface area contributed by atoms with Gasteiger partial charge in [-0.05, 0) is 77.6 Å². The van der Waals surface area contributed by atoms with Gasteiger partial charge in [0.1, 0.15) is 5.60 Å². The number of rotatable bonds is 22. The van der Waals surface area contributed by atoms with Crippen LogP contribution in [0.5, 0.6) is 0 Å². The Balaban J connectivity index is 1.16. The molecule has 0 atom stereocenters. The first-order valence-corrected chi connectivity index (χ1v) is 23.6. The molecule has 2 aromatic heterocycles. The number of esters is 1. The zero-order valence-corrected chi connectivity index (χ0v) is 40.7. The average Bonchev–Trinajstić information content (AvgIpc) is 3.84. The largest absolute Gasteiger partial charge is 0.456 e. The van der Waals surface area contributed by atoms with Gasteiger partial charge in [0.2, 0.25) is 5.91 Å². The minimum Gasteiger partial charge on any atom is -0.456 e. The molecule has 0 saturated carbocycles. The lowest BCUT2D eigenvalue weighted by Crippen LogP contribution is -2.54. The quantitative estimate of drug-likeness (QED) is 0.0469. The van der Waals surface area contributed by atoms with Crippen molar-refractivity contribution in [2.24, 2.45) is 7.05 Å². The molecule has 5 rings (SSSR count). The number of carbonyl (C=O) groups is 4. The topological polar surface area (TPSA) is 141 Å². The van der Waals surface area contributed by atoms with Gasteiger partial charge in [0.05, 0.1) is 61.5 Å². The molecule has 0 radical (unpaired) electrons. The summed E-state index contributed by atoms with van der Waals surface area (Å²) >= 11 is 6.62. The van der Waals surface area contributed by atoms with Crippen LogP contribution in [0.25, 0.3) is 22.4 Å². The SMILES string of the molecule is CCCCC[N+](CCCCC)(CCCC(=O)N1CCN(C(=O)c2ccc(NC(=O)c3ncc(-c4ccc(-c5cnn(CCOC)c5C)c(F)c4F)n3C)cc2Cl)CC1)CC(=O)OC(C)(C)C. The van der Waals surface area contributed by atoms with Gasteiger partial charge in [-0.15, -0.1) is 0 Å². The molecule has 0 unspecified atom stereocenters. The number of imidazole rings is 1. The van der Waals surface area contributed by atoms with Crippen molar-refractivity contribution in [1.29, 1.82) is 0 Å². The van der Waals surface area contributed by atoms with E-state index in [1.54, 1.807) is 34.6 Å². The van der Waals surface area contributed by atoms with Crippen LogP contribution < -0.4 is 5.32 Å². The third-order valence-corrected chi connectivity index (χ3v) is 12.5. The Bertz CT molecular complexity index is 2310. The summed E-state index contributed by atoms with van der Waals surface area (Å²) in [6.07, 6.45) is 10.1. The Morgan fingerprint density at radius 1 is 0.848 bits per heavy atom. The van der Waals surface area contributed by atoms with Gasteiger partial charge in [-0.25, -0.2) is 18.6 Å². The monoisotopic (exact) mass is 937 g/mol. The second-order valence-electron chi connectivity index (χ2n) is 18.3. The molecule has 1 fully saturated rings. The lowest BCUT2D eigenvalue weighted by atomic mass is 10.0. The molecule has 1 aliphatic heterocycles. The molecular formula is C49H68ClF2N8O6+. The van der Waals surface area contributed by atoms with E-state index in [2.05, 4.69) is 29.2 Å². The first-order valence-electron chi connectivity index (χ1n) is 23.2. The summed E-state index contributed by atoms with van der Waals surface area (Å²) in [5.74, 6) is -3.30. The molecular weight excluding hydrogens is 870 g/mol. The molecule has 360 valence electrons. The van der Waals surface area contributed by atoms with Crippen molar-refractivity contribution in [3.63, 3.8) is 0 Å². The van der Waals surface area contributed by atoms with Crippen molar-refractivity contribution in [3.05, 3.63) is 76.5 Å². The van der Waals surface area contributed by atoms with Crippen LogP contribution in [0, 0.1) is 18.6 Å². The predicted molar refractivity (Wildman–Crippen MR) is 252 cm³/mol. The summed E-state index contributed by atoms with van der Waals surface area (Å²) in [5, 5.41) is 7.13. The first-order chi connectivity index (χ1) is 31.4. The molecule has 1 saturated heterocycles. The highest BCUT2D eigenvalue weighted by molar-refractivity contribution is 6.34. The van der Waals surface area contributed by atoms with E-state index in [1.807, 2.05) is 20.8 Å². The minimum absolute atomic E-state index is 0.0290. The van der Waals surface area contributed by atoms with Crippen LogP contribution in [-0.4, -0.2) is 129 Å². The molecule has 1 aliphatic rings. The number of quaternary nitrogens is 1. The smallest absolute Gasteiger partial charge is 0.362 e. The van der Waals surface area contributed by atoms with Crippen molar-refractivity contribution in [2.75, 3.05) is 71.4 Å².